The number of fused-ring (bicyclic) bond motifs is 1. The van der Waals surface area contributed by atoms with Crippen LogP contribution in [0.3, 0.4) is 0 Å². The largest absolute Gasteiger partial charge is 0.497 e. The Hall–Kier alpha value is -3.04. The van der Waals surface area contributed by atoms with Gasteiger partial charge >= 0.3 is 5.97 Å². The van der Waals surface area contributed by atoms with Gasteiger partial charge in [-0.25, -0.2) is 9.78 Å². The van der Waals surface area contributed by atoms with Gasteiger partial charge in [0.15, 0.2) is 5.16 Å². The van der Waals surface area contributed by atoms with Crippen LogP contribution in [0.2, 0.25) is 0 Å². The summed E-state index contributed by atoms with van der Waals surface area (Å²) in [4.78, 5) is 30.0. The Morgan fingerprint density at radius 3 is 2.68 bits per heavy atom. The molecule has 1 aromatic heterocycles. The molecule has 1 saturated heterocycles. The van der Waals surface area contributed by atoms with Gasteiger partial charge in [0.1, 0.15) is 11.5 Å². The summed E-state index contributed by atoms with van der Waals surface area (Å²) < 4.78 is 23.2. The number of thioether (sulfide) groups is 1. The summed E-state index contributed by atoms with van der Waals surface area (Å²) in [5.41, 5.74) is 0.713. The van der Waals surface area contributed by atoms with E-state index < -0.39 is 5.97 Å². The molecule has 1 atom stereocenters. The normalized spacial score (nSPS) is 15.4. The molecule has 2 heterocycles. The lowest BCUT2D eigenvalue weighted by Crippen LogP contribution is -2.29. The van der Waals surface area contributed by atoms with Gasteiger partial charge < -0.3 is 18.9 Å². The predicted octanol–water partition coefficient (Wildman–Crippen LogP) is 3.93. The van der Waals surface area contributed by atoms with Crippen LogP contribution < -0.4 is 15.0 Å². The molecular formula is C25H28N2O6S. The fourth-order valence-corrected chi connectivity index (χ4v) is 4.71. The molecule has 0 aliphatic carbocycles. The van der Waals surface area contributed by atoms with Crippen LogP contribution in [-0.2, 0) is 16.0 Å². The molecule has 8 nitrogen and oxygen atoms in total. The molecule has 3 aromatic rings. The Morgan fingerprint density at radius 2 is 1.97 bits per heavy atom. The van der Waals surface area contributed by atoms with Gasteiger partial charge in [0, 0.05) is 12.4 Å². The van der Waals surface area contributed by atoms with E-state index in [0.717, 1.165) is 36.5 Å². The van der Waals surface area contributed by atoms with Crippen LogP contribution in [0.15, 0.2) is 52.4 Å². The van der Waals surface area contributed by atoms with E-state index >= 15 is 0 Å². The highest BCUT2D eigenvalue weighted by Crippen LogP contribution is 2.23. The van der Waals surface area contributed by atoms with Gasteiger partial charge in [0.05, 0.1) is 49.9 Å². The van der Waals surface area contributed by atoms with Gasteiger partial charge in [-0.15, -0.1) is 0 Å². The molecule has 2 aromatic carbocycles. The van der Waals surface area contributed by atoms with Crippen LogP contribution in [0.1, 0.15) is 29.6 Å². The molecule has 180 valence electrons. The van der Waals surface area contributed by atoms with Gasteiger partial charge in [-0.3, -0.25) is 9.36 Å². The summed E-state index contributed by atoms with van der Waals surface area (Å²) in [5.74, 6) is 1.82. The fraction of sp³-hybridized carbons (Fsp3) is 0.400. The van der Waals surface area contributed by atoms with Crippen LogP contribution >= 0.6 is 11.8 Å². The number of aromatic nitrogens is 2. The zero-order valence-corrected chi connectivity index (χ0v) is 20.1. The van der Waals surface area contributed by atoms with Crippen molar-refractivity contribution in [2.75, 3.05) is 33.2 Å². The second kappa shape index (κ2) is 11.4. The van der Waals surface area contributed by atoms with Crippen molar-refractivity contribution in [1.29, 1.82) is 0 Å². The lowest BCUT2D eigenvalue weighted by Gasteiger charge is -2.16. The zero-order valence-electron chi connectivity index (χ0n) is 19.3. The first-order valence-electron chi connectivity index (χ1n) is 11.2. The number of ether oxygens (including phenoxy) is 4. The summed E-state index contributed by atoms with van der Waals surface area (Å²) in [6.07, 6.45) is 2.69. The summed E-state index contributed by atoms with van der Waals surface area (Å²) in [7, 11) is 2.96. The molecule has 1 aliphatic rings. The van der Waals surface area contributed by atoms with Crippen LogP contribution in [-0.4, -0.2) is 54.8 Å². The minimum absolute atomic E-state index is 0.00375. The minimum Gasteiger partial charge on any atom is -0.497 e. The molecule has 0 N–H and O–H groups in total. The average molecular weight is 485 g/mol. The number of esters is 1. The van der Waals surface area contributed by atoms with Gasteiger partial charge in [0.2, 0.25) is 0 Å². The molecule has 4 rings (SSSR count). The van der Waals surface area contributed by atoms with E-state index in [1.165, 1.54) is 18.9 Å². The molecule has 34 heavy (non-hydrogen) atoms. The number of methoxy groups -OCH3 is 2. The molecule has 0 unspecified atom stereocenters. The molecular weight excluding hydrogens is 456 g/mol. The van der Waals surface area contributed by atoms with Crippen molar-refractivity contribution >= 4 is 28.6 Å². The van der Waals surface area contributed by atoms with Crippen LogP contribution in [0.4, 0.5) is 0 Å². The second-order valence-corrected chi connectivity index (χ2v) is 8.96. The van der Waals surface area contributed by atoms with Gasteiger partial charge in [-0.2, -0.15) is 0 Å². The molecule has 1 aliphatic heterocycles. The summed E-state index contributed by atoms with van der Waals surface area (Å²) in [5, 5.41) is 1.08. The Bertz CT molecular complexity index is 1190. The van der Waals surface area contributed by atoms with Crippen LogP contribution in [0, 0.1) is 0 Å². The predicted molar refractivity (Wildman–Crippen MR) is 130 cm³/mol. The van der Waals surface area contributed by atoms with E-state index in [4.69, 9.17) is 23.9 Å². The standard InChI is InChI=1S/C25H28N2O6S/c1-30-18-7-9-19(10-8-18)32-13-4-14-34-25-26-22-15-17(24(29)31-2)6-11-21(22)23(28)27(25)16-20-5-3-12-33-20/h6-11,15,20H,3-5,12-14,16H2,1-2H3/t20-/m0/s1. The van der Waals surface area contributed by atoms with Crippen LogP contribution in [0.5, 0.6) is 11.5 Å². The summed E-state index contributed by atoms with van der Waals surface area (Å²) in [6, 6.07) is 12.3. The van der Waals surface area contributed by atoms with Gasteiger partial charge in [0.25, 0.3) is 5.56 Å². The smallest absolute Gasteiger partial charge is 0.337 e. The van der Waals surface area contributed by atoms with Crippen molar-refractivity contribution in [3.8, 4) is 11.5 Å². The number of carbonyl (C=O) groups is 1. The van der Waals surface area contributed by atoms with Crippen molar-refractivity contribution in [3.63, 3.8) is 0 Å². The van der Waals surface area contributed by atoms with E-state index in [1.54, 1.807) is 29.9 Å². The number of carbonyl (C=O) groups excluding carboxylic acids is 1. The van der Waals surface area contributed by atoms with E-state index in [-0.39, 0.29) is 11.7 Å². The Morgan fingerprint density at radius 1 is 1.18 bits per heavy atom. The fourth-order valence-electron chi connectivity index (χ4n) is 3.79. The van der Waals surface area contributed by atoms with Crippen molar-refractivity contribution in [1.82, 2.24) is 9.55 Å². The molecule has 0 amide bonds. The number of hydrogen-bond acceptors (Lipinski definition) is 8. The third kappa shape index (κ3) is 5.71. The highest BCUT2D eigenvalue weighted by molar-refractivity contribution is 7.99. The quantitative estimate of drug-likeness (QED) is 0.185. The Balaban J connectivity index is 1.49. The Kier molecular flexibility index (Phi) is 8.08. The molecule has 9 heteroatoms. The number of rotatable bonds is 10. The average Bonchev–Trinajstić information content (AvgIpc) is 3.39. The number of hydrogen-bond donors (Lipinski definition) is 0. The maximum atomic E-state index is 13.3. The number of nitrogens with zero attached hydrogens (tertiary/aromatic N) is 2. The first kappa shape index (κ1) is 24.1. The van der Waals surface area contributed by atoms with E-state index in [9.17, 15) is 9.59 Å². The van der Waals surface area contributed by atoms with Gasteiger partial charge in [-0.1, -0.05) is 11.8 Å². The highest BCUT2D eigenvalue weighted by Gasteiger charge is 2.21. The lowest BCUT2D eigenvalue weighted by atomic mass is 10.1. The first-order valence-corrected chi connectivity index (χ1v) is 12.2. The maximum absolute atomic E-state index is 13.3. The summed E-state index contributed by atoms with van der Waals surface area (Å²) >= 11 is 1.50. The van der Waals surface area contributed by atoms with E-state index in [1.807, 2.05) is 24.3 Å². The third-order valence-electron chi connectivity index (χ3n) is 5.60. The minimum atomic E-state index is -0.461. The Labute approximate surface area is 202 Å². The van der Waals surface area contributed by atoms with Crippen molar-refractivity contribution < 1.29 is 23.7 Å². The molecule has 1 fully saturated rings. The topological polar surface area (TPSA) is 88.9 Å². The SMILES string of the molecule is COC(=O)c1ccc2c(=O)n(C[C@@H]3CCCO3)c(SCCCOc3ccc(OC)cc3)nc2c1. The maximum Gasteiger partial charge on any atom is 0.337 e. The van der Waals surface area contributed by atoms with Crippen molar-refractivity contribution in [2.24, 2.45) is 0 Å². The summed E-state index contributed by atoms with van der Waals surface area (Å²) in [6.45, 7) is 1.72. The molecule has 0 radical (unpaired) electrons. The highest BCUT2D eigenvalue weighted by atomic mass is 32.2. The van der Waals surface area contributed by atoms with Crippen molar-refractivity contribution in [3.05, 3.63) is 58.4 Å². The van der Waals surface area contributed by atoms with Crippen LogP contribution in [0.25, 0.3) is 10.9 Å². The number of benzene rings is 2. The lowest BCUT2D eigenvalue weighted by molar-refractivity contribution is 0.0601. The zero-order chi connectivity index (χ0) is 23.9. The van der Waals surface area contributed by atoms with E-state index in [0.29, 0.717) is 41.4 Å². The van der Waals surface area contributed by atoms with Crippen molar-refractivity contribution in [2.45, 2.75) is 37.1 Å². The van der Waals surface area contributed by atoms with Gasteiger partial charge in [-0.05, 0) is 61.7 Å². The first-order chi connectivity index (χ1) is 16.6. The third-order valence-corrected chi connectivity index (χ3v) is 6.66. The molecule has 0 saturated carbocycles. The monoisotopic (exact) mass is 484 g/mol. The van der Waals surface area contributed by atoms with E-state index in [2.05, 4.69) is 0 Å². The molecule has 0 spiro atoms. The second-order valence-electron chi connectivity index (χ2n) is 7.89. The molecule has 0 bridgehead atoms.